The predicted molar refractivity (Wildman–Crippen MR) is 84.6 cm³/mol. The van der Waals surface area contributed by atoms with Gasteiger partial charge in [-0.1, -0.05) is 23.7 Å². The Hall–Kier alpha value is -1.78. The van der Waals surface area contributed by atoms with E-state index in [1.807, 2.05) is 25.1 Å². The summed E-state index contributed by atoms with van der Waals surface area (Å²) in [6, 6.07) is 9.87. The van der Waals surface area contributed by atoms with Gasteiger partial charge in [0.1, 0.15) is 11.6 Å². The van der Waals surface area contributed by atoms with Gasteiger partial charge < -0.3 is 15.8 Å². The fraction of sp³-hybridized carbons (Fsp3) is 0.250. The van der Waals surface area contributed by atoms with E-state index in [4.69, 9.17) is 22.1 Å². The molecule has 0 saturated heterocycles. The van der Waals surface area contributed by atoms with Crippen LogP contribution >= 0.6 is 11.6 Å². The van der Waals surface area contributed by atoms with Crippen molar-refractivity contribution in [3.8, 4) is 5.75 Å². The van der Waals surface area contributed by atoms with Crippen LogP contribution in [0.5, 0.6) is 5.75 Å². The fourth-order valence-electron chi connectivity index (χ4n) is 2.19. The van der Waals surface area contributed by atoms with Crippen molar-refractivity contribution >= 4 is 17.3 Å². The second kappa shape index (κ2) is 6.78. The molecule has 3 N–H and O–H groups in total. The van der Waals surface area contributed by atoms with Crippen molar-refractivity contribution in [3.05, 3.63) is 58.4 Å². The zero-order valence-corrected chi connectivity index (χ0v) is 12.7. The molecular formula is C16H18ClFN2O. The van der Waals surface area contributed by atoms with Crippen LogP contribution in [-0.4, -0.2) is 13.7 Å². The van der Waals surface area contributed by atoms with Crippen LogP contribution in [0.15, 0.2) is 36.4 Å². The summed E-state index contributed by atoms with van der Waals surface area (Å²) < 4.78 is 18.6. The molecular weight excluding hydrogens is 291 g/mol. The Morgan fingerprint density at radius 1 is 1.29 bits per heavy atom. The molecule has 112 valence electrons. The molecule has 2 rings (SSSR count). The van der Waals surface area contributed by atoms with Crippen LogP contribution in [0.3, 0.4) is 0 Å². The first-order chi connectivity index (χ1) is 10.0. The van der Waals surface area contributed by atoms with E-state index < -0.39 is 0 Å². The Morgan fingerprint density at radius 3 is 2.67 bits per heavy atom. The lowest BCUT2D eigenvalue weighted by Crippen LogP contribution is -2.21. The number of methoxy groups -OCH3 is 1. The van der Waals surface area contributed by atoms with E-state index in [0.29, 0.717) is 17.3 Å². The lowest BCUT2D eigenvalue weighted by atomic mass is 10.0. The van der Waals surface area contributed by atoms with E-state index in [9.17, 15) is 4.39 Å². The smallest absolute Gasteiger partial charge is 0.125 e. The first-order valence-corrected chi connectivity index (χ1v) is 6.99. The number of hydrogen-bond donors (Lipinski definition) is 2. The van der Waals surface area contributed by atoms with Gasteiger partial charge in [0.2, 0.25) is 0 Å². The minimum atomic E-state index is -0.344. The summed E-state index contributed by atoms with van der Waals surface area (Å²) in [6.07, 6.45) is 0. The molecule has 0 spiro atoms. The van der Waals surface area contributed by atoms with Gasteiger partial charge >= 0.3 is 0 Å². The molecule has 0 bridgehead atoms. The third-order valence-electron chi connectivity index (χ3n) is 3.32. The lowest BCUT2D eigenvalue weighted by molar-refractivity contribution is 0.411. The monoisotopic (exact) mass is 308 g/mol. The van der Waals surface area contributed by atoms with Crippen molar-refractivity contribution in [1.82, 2.24) is 0 Å². The molecule has 0 amide bonds. The zero-order valence-electron chi connectivity index (χ0n) is 12.0. The van der Waals surface area contributed by atoms with Crippen LogP contribution in [0.4, 0.5) is 10.1 Å². The van der Waals surface area contributed by atoms with Crippen LogP contribution in [-0.2, 0) is 0 Å². The molecule has 0 saturated carbocycles. The molecule has 0 heterocycles. The van der Waals surface area contributed by atoms with Gasteiger partial charge in [-0.25, -0.2) is 4.39 Å². The summed E-state index contributed by atoms with van der Waals surface area (Å²) in [4.78, 5) is 0. The van der Waals surface area contributed by atoms with E-state index in [2.05, 4.69) is 5.32 Å². The summed E-state index contributed by atoms with van der Waals surface area (Å²) in [7, 11) is 1.63. The second-order valence-electron chi connectivity index (χ2n) is 4.79. The van der Waals surface area contributed by atoms with Gasteiger partial charge in [0.05, 0.1) is 23.9 Å². The third-order valence-corrected chi connectivity index (χ3v) is 3.64. The summed E-state index contributed by atoms with van der Waals surface area (Å²) >= 11 is 6.07. The summed E-state index contributed by atoms with van der Waals surface area (Å²) in [6.45, 7) is 2.32. The van der Waals surface area contributed by atoms with Crippen molar-refractivity contribution in [2.75, 3.05) is 19.0 Å². The molecule has 21 heavy (non-hydrogen) atoms. The quantitative estimate of drug-likeness (QED) is 0.880. The maximum absolute atomic E-state index is 13.3. The van der Waals surface area contributed by atoms with Crippen LogP contribution in [0.25, 0.3) is 0 Å². The lowest BCUT2D eigenvalue weighted by Gasteiger charge is -2.20. The van der Waals surface area contributed by atoms with Gasteiger partial charge in [0.15, 0.2) is 0 Å². The van der Waals surface area contributed by atoms with Gasteiger partial charge in [-0.3, -0.25) is 0 Å². The van der Waals surface area contributed by atoms with Crippen LogP contribution < -0.4 is 15.8 Å². The summed E-state index contributed by atoms with van der Waals surface area (Å²) in [5.41, 5.74) is 8.37. The van der Waals surface area contributed by atoms with E-state index >= 15 is 0 Å². The molecule has 0 fully saturated rings. The highest BCUT2D eigenvalue weighted by Crippen LogP contribution is 2.28. The van der Waals surface area contributed by atoms with E-state index in [-0.39, 0.29) is 11.9 Å². The Balaban J connectivity index is 2.27. The molecule has 1 unspecified atom stereocenters. The highest BCUT2D eigenvalue weighted by atomic mass is 35.5. The maximum atomic E-state index is 13.3. The molecule has 2 aromatic carbocycles. The zero-order chi connectivity index (χ0) is 15.4. The number of nitrogens with two attached hydrogens (primary N) is 1. The standard InChI is InChI=1S/C16H18ClFN2O/c1-10-7-11(3-6-16(10)21-2)15(9-19)20-14-8-12(18)4-5-13(14)17/h3-8,15,20H,9,19H2,1-2H3. The van der Waals surface area contributed by atoms with Crippen molar-refractivity contribution < 1.29 is 9.13 Å². The number of rotatable bonds is 5. The van der Waals surface area contributed by atoms with Gasteiger partial charge in [-0.05, 0) is 42.3 Å². The highest BCUT2D eigenvalue weighted by molar-refractivity contribution is 6.33. The van der Waals surface area contributed by atoms with Crippen molar-refractivity contribution in [2.24, 2.45) is 5.73 Å². The third kappa shape index (κ3) is 3.65. The number of benzene rings is 2. The maximum Gasteiger partial charge on any atom is 0.125 e. The normalized spacial score (nSPS) is 12.0. The molecule has 1 atom stereocenters. The molecule has 0 aliphatic carbocycles. The Kier molecular flexibility index (Phi) is 5.04. The summed E-state index contributed by atoms with van der Waals surface area (Å²) in [5.74, 6) is 0.474. The predicted octanol–water partition coefficient (Wildman–Crippen LogP) is 3.91. The number of anilines is 1. The van der Waals surface area contributed by atoms with Gasteiger partial charge in [0.25, 0.3) is 0 Å². The van der Waals surface area contributed by atoms with Crippen molar-refractivity contribution in [3.63, 3.8) is 0 Å². The minimum Gasteiger partial charge on any atom is -0.496 e. The molecule has 0 aromatic heterocycles. The largest absolute Gasteiger partial charge is 0.496 e. The minimum absolute atomic E-state index is 0.158. The SMILES string of the molecule is COc1ccc(C(CN)Nc2cc(F)ccc2Cl)cc1C. The number of ether oxygens (including phenoxy) is 1. The molecule has 3 nitrogen and oxygen atoms in total. The van der Waals surface area contributed by atoms with Crippen molar-refractivity contribution in [2.45, 2.75) is 13.0 Å². The van der Waals surface area contributed by atoms with Crippen LogP contribution in [0, 0.1) is 12.7 Å². The number of hydrogen-bond acceptors (Lipinski definition) is 3. The van der Waals surface area contributed by atoms with E-state index in [0.717, 1.165) is 16.9 Å². The van der Waals surface area contributed by atoms with Gasteiger partial charge in [0, 0.05) is 6.54 Å². The Morgan fingerprint density at radius 2 is 2.05 bits per heavy atom. The number of nitrogens with one attached hydrogen (secondary N) is 1. The molecule has 5 heteroatoms. The first kappa shape index (κ1) is 15.6. The molecule has 2 aromatic rings. The van der Waals surface area contributed by atoms with Gasteiger partial charge in [-0.2, -0.15) is 0 Å². The first-order valence-electron chi connectivity index (χ1n) is 6.61. The van der Waals surface area contributed by atoms with E-state index in [1.165, 1.54) is 18.2 Å². The Bertz CT molecular complexity index is 634. The number of halogens is 2. The van der Waals surface area contributed by atoms with Crippen molar-refractivity contribution in [1.29, 1.82) is 0 Å². The van der Waals surface area contributed by atoms with Crippen LogP contribution in [0.1, 0.15) is 17.2 Å². The van der Waals surface area contributed by atoms with Crippen LogP contribution in [0.2, 0.25) is 5.02 Å². The second-order valence-corrected chi connectivity index (χ2v) is 5.19. The average Bonchev–Trinajstić information content (AvgIpc) is 2.48. The van der Waals surface area contributed by atoms with Gasteiger partial charge in [-0.15, -0.1) is 0 Å². The highest BCUT2D eigenvalue weighted by Gasteiger charge is 2.13. The molecule has 0 radical (unpaired) electrons. The van der Waals surface area contributed by atoms with E-state index in [1.54, 1.807) is 7.11 Å². The average molecular weight is 309 g/mol. The number of aryl methyl sites for hydroxylation is 1. The fourth-order valence-corrected chi connectivity index (χ4v) is 2.36. The summed E-state index contributed by atoms with van der Waals surface area (Å²) in [5, 5.41) is 3.64. The Labute approximate surface area is 128 Å². The molecule has 0 aliphatic rings. The molecule has 0 aliphatic heterocycles. The topological polar surface area (TPSA) is 47.3 Å².